The van der Waals surface area contributed by atoms with Crippen molar-refractivity contribution in [3.63, 3.8) is 0 Å². The highest BCUT2D eigenvalue weighted by atomic mass is 35.5. The predicted octanol–water partition coefficient (Wildman–Crippen LogP) is 3.59. The Balaban J connectivity index is 0.00000242. The van der Waals surface area contributed by atoms with Gasteiger partial charge >= 0.3 is 0 Å². The lowest BCUT2D eigenvalue weighted by Crippen LogP contribution is -2.36. The van der Waals surface area contributed by atoms with Gasteiger partial charge in [0.1, 0.15) is 5.01 Å². The third-order valence-corrected chi connectivity index (χ3v) is 3.91. The van der Waals surface area contributed by atoms with Crippen molar-refractivity contribution in [2.45, 2.75) is 26.3 Å². The maximum atomic E-state index is 11.9. The van der Waals surface area contributed by atoms with Gasteiger partial charge in [0, 0.05) is 10.6 Å². The van der Waals surface area contributed by atoms with Crippen LogP contribution in [0.3, 0.4) is 0 Å². The number of nitrogens with two attached hydrogens (primary N) is 1. The van der Waals surface area contributed by atoms with E-state index in [1.54, 1.807) is 12.1 Å². The second-order valence-electron chi connectivity index (χ2n) is 5.15. The molecule has 1 heterocycles. The maximum Gasteiger partial charge on any atom is 0.243 e. The van der Waals surface area contributed by atoms with E-state index in [0.29, 0.717) is 27.5 Å². The molecule has 3 N–H and O–H groups in total. The van der Waals surface area contributed by atoms with Crippen LogP contribution in [0.1, 0.15) is 20.3 Å². The minimum absolute atomic E-state index is 0. The lowest BCUT2D eigenvalue weighted by atomic mass is 10.0. The van der Waals surface area contributed by atoms with Crippen molar-refractivity contribution in [2.24, 2.45) is 11.7 Å². The summed E-state index contributed by atoms with van der Waals surface area (Å²) in [5.41, 5.74) is 6.70. The number of nitrogens with one attached hydrogen (secondary N) is 1. The molecular formula is C14H18Cl2N4OS. The molecule has 1 aromatic heterocycles. The van der Waals surface area contributed by atoms with Crippen LogP contribution in [-0.4, -0.2) is 22.1 Å². The molecule has 0 bridgehead atoms. The van der Waals surface area contributed by atoms with Crippen LogP contribution < -0.4 is 11.1 Å². The van der Waals surface area contributed by atoms with Gasteiger partial charge in [-0.2, -0.15) is 0 Å². The molecule has 1 amide bonds. The first-order valence-electron chi connectivity index (χ1n) is 6.61. The first-order chi connectivity index (χ1) is 9.95. The van der Waals surface area contributed by atoms with Crippen molar-refractivity contribution in [1.82, 2.24) is 10.2 Å². The van der Waals surface area contributed by atoms with Crippen LogP contribution in [-0.2, 0) is 4.79 Å². The number of aromatic nitrogens is 2. The first-order valence-corrected chi connectivity index (χ1v) is 7.81. The average molecular weight is 361 g/mol. The zero-order chi connectivity index (χ0) is 15.4. The van der Waals surface area contributed by atoms with Crippen molar-refractivity contribution in [1.29, 1.82) is 0 Å². The Morgan fingerprint density at radius 2 is 2.14 bits per heavy atom. The smallest absolute Gasteiger partial charge is 0.243 e. The van der Waals surface area contributed by atoms with E-state index in [2.05, 4.69) is 15.5 Å². The monoisotopic (exact) mass is 360 g/mol. The number of hydrogen-bond acceptors (Lipinski definition) is 5. The number of anilines is 1. The van der Waals surface area contributed by atoms with Crippen LogP contribution in [0.5, 0.6) is 0 Å². The van der Waals surface area contributed by atoms with Crippen molar-refractivity contribution < 1.29 is 4.79 Å². The molecule has 2 aromatic rings. The number of carbonyl (C=O) groups is 1. The quantitative estimate of drug-likeness (QED) is 0.853. The summed E-state index contributed by atoms with van der Waals surface area (Å²) in [5, 5.41) is 12.5. The summed E-state index contributed by atoms with van der Waals surface area (Å²) < 4.78 is 0. The summed E-state index contributed by atoms with van der Waals surface area (Å²) in [6.07, 6.45) is 0.631. The van der Waals surface area contributed by atoms with Gasteiger partial charge in [-0.05, 0) is 24.5 Å². The molecule has 22 heavy (non-hydrogen) atoms. The molecule has 8 heteroatoms. The highest BCUT2D eigenvalue weighted by Crippen LogP contribution is 2.28. The van der Waals surface area contributed by atoms with E-state index < -0.39 is 6.04 Å². The second kappa shape index (κ2) is 8.43. The van der Waals surface area contributed by atoms with Gasteiger partial charge in [0.05, 0.1) is 6.04 Å². The minimum atomic E-state index is -0.538. The van der Waals surface area contributed by atoms with Crippen molar-refractivity contribution in [2.75, 3.05) is 5.32 Å². The number of carbonyl (C=O) groups excluding carboxylic acids is 1. The molecule has 1 atom stereocenters. The Labute approximate surface area is 144 Å². The Hall–Kier alpha value is -1.21. The maximum absolute atomic E-state index is 11.9. The lowest BCUT2D eigenvalue weighted by molar-refractivity contribution is -0.117. The summed E-state index contributed by atoms with van der Waals surface area (Å²) in [5.74, 6) is 0.125. The van der Waals surface area contributed by atoms with E-state index in [0.717, 1.165) is 5.56 Å². The third-order valence-electron chi connectivity index (χ3n) is 2.79. The largest absolute Gasteiger partial charge is 0.320 e. The van der Waals surface area contributed by atoms with Gasteiger partial charge in [-0.1, -0.05) is 48.9 Å². The van der Waals surface area contributed by atoms with Gasteiger partial charge in [0.25, 0.3) is 0 Å². The summed E-state index contributed by atoms with van der Waals surface area (Å²) in [6, 6.07) is 6.79. The van der Waals surface area contributed by atoms with Gasteiger partial charge < -0.3 is 5.73 Å². The van der Waals surface area contributed by atoms with Crippen LogP contribution in [0.25, 0.3) is 10.6 Å². The molecule has 0 aliphatic heterocycles. The SMILES string of the molecule is CC(C)C[C@H](N)C(=O)Nc1nnc(-c2cccc(Cl)c2)s1.Cl. The van der Waals surface area contributed by atoms with Crippen LogP contribution in [0.2, 0.25) is 5.02 Å². The third kappa shape index (κ3) is 5.21. The molecule has 0 unspecified atom stereocenters. The van der Waals surface area contributed by atoms with Crippen LogP contribution in [0.15, 0.2) is 24.3 Å². The van der Waals surface area contributed by atoms with E-state index in [1.165, 1.54) is 11.3 Å². The molecular weight excluding hydrogens is 343 g/mol. The van der Waals surface area contributed by atoms with E-state index in [1.807, 2.05) is 26.0 Å². The van der Waals surface area contributed by atoms with E-state index in [4.69, 9.17) is 17.3 Å². The zero-order valence-corrected chi connectivity index (χ0v) is 14.6. The molecule has 1 aromatic carbocycles. The fraction of sp³-hybridized carbons (Fsp3) is 0.357. The molecule has 0 saturated carbocycles. The second-order valence-corrected chi connectivity index (χ2v) is 6.56. The number of hydrogen-bond donors (Lipinski definition) is 2. The van der Waals surface area contributed by atoms with E-state index >= 15 is 0 Å². The number of halogens is 2. The number of benzene rings is 1. The van der Waals surface area contributed by atoms with Gasteiger partial charge in [0.2, 0.25) is 11.0 Å². The van der Waals surface area contributed by atoms with Crippen LogP contribution in [0.4, 0.5) is 5.13 Å². The topological polar surface area (TPSA) is 80.9 Å². The molecule has 0 fully saturated rings. The molecule has 0 saturated heterocycles. The van der Waals surface area contributed by atoms with E-state index in [-0.39, 0.29) is 18.3 Å². The minimum Gasteiger partial charge on any atom is -0.320 e. The Morgan fingerprint density at radius 3 is 2.77 bits per heavy atom. The van der Waals surface area contributed by atoms with Gasteiger partial charge in [-0.3, -0.25) is 10.1 Å². The predicted molar refractivity (Wildman–Crippen MR) is 93.7 cm³/mol. The van der Waals surface area contributed by atoms with Crippen molar-refractivity contribution >= 4 is 46.4 Å². The van der Waals surface area contributed by atoms with Gasteiger partial charge in [0.15, 0.2) is 0 Å². The molecule has 5 nitrogen and oxygen atoms in total. The Kier molecular flexibility index (Phi) is 7.22. The molecule has 2 rings (SSSR count). The molecule has 0 radical (unpaired) electrons. The first kappa shape index (κ1) is 18.8. The molecule has 120 valence electrons. The lowest BCUT2D eigenvalue weighted by Gasteiger charge is -2.12. The summed E-state index contributed by atoms with van der Waals surface area (Å²) in [6.45, 7) is 4.05. The Morgan fingerprint density at radius 1 is 1.41 bits per heavy atom. The highest BCUT2D eigenvalue weighted by molar-refractivity contribution is 7.18. The molecule has 0 spiro atoms. The highest BCUT2D eigenvalue weighted by Gasteiger charge is 2.17. The number of amides is 1. The molecule has 0 aliphatic carbocycles. The zero-order valence-electron chi connectivity index (χ0n) is 12.2. The fourth-order valence-electron chi connectivity index (χ4n) is 1.82. The van der Waals surface area contributed by atoms with Gasteiger partial charge in [-0.25, -0.2) is 0 Å². The summed E-state index contributed by atoms with van der Waals surface area (Å²) in [7, 11) is 0. The van der Waals surface area contributed by atoms with Crippen molar-refractivity contribution in [3.05, 3.63) is 29.3 Å². The van der Waals surface area contributed by atoms with Crippen LogP contribution >= 0.6 is 35.3 Å². The number of nitrogens with zero attached hydrogens (tertiary/aromatic N) is 2. The molecule has 0 aliphatic rings. The van der Waals surface area contributed by atoms with Crippen molar-refractivity contribution in [3.8, 4) is 10.6 Å². The summed E-state index contributed by atoms with van der Waals surface area (Å²) in [4.78, 5) is 11.9. The normalized spacial score (nSPS) is 11.9. The Bertz CT molecular complexity index is 633. The van der Waals surface area contributed by atoms with E-state index in [9.17, 15) is 4.79 Å². The number of rotatable bonds is 5. The van der Waals surface area contributed by atoms with Gasteiger partial charge in [-0.15, -0.1) is 22.6 Å². The average Bonchev–Trinajstić information content (AvgIpc) is 2.86. The standard InChI is InChI=1S/C14H17ClN4OS.ClH/c1-8(2)6-11(16)12(20)17-14-19-18-13(21-14)9-4-3-5-10(15)7-9;/h3-5,7-8,11H,6,16H2,1-2H3,(H,17,19,20);1H/t11-;/m0./s1. The summed E-state index contributed by atoms with van der Waals surface area (Å²) >= 11 is 7.24. The fourth-order valence-corrected chi connectivity index (χ4v) is 2.76. The van der Waals surface area contributed by atoms with Crippen LogP contribution in [0, 0.1) is 5.92 Å².